The smallest absolute Gasteiger partial charge is 0.0652 e. The number of hydrogen-bond acceptors (Lipinski definition) is 3. The zero-order valence-corrected chi connectivity index (χ0v) is 8.59. The van der Waals surface area contributed by atoms with Crippen LogP contribution in [0.1, 0.15) is 27.2 Å². The monoisotopic (exact) mass is 179 g/mol. The van der Waals surface area contributed by atoms with E-state index in [1.54, 1.807) is 0 Å². The maximum Gasteiger partial charge on any atom is 0.0652 e. The SMILES string of the molecule is C=C(NCC1=NN=C(C)C1)C(C)C. The van der Waals surface area contributed by atoms with E-state index in [1.807, 2.05) is 6.92 Å². The molecule has 3 nitrogen and oxygen atoms in total. The molecule has 0 aromatic carbocycles. The van der Waals surface area contributed by atoms with Crippen molar-refractivity contribution in [1.82, 2.24) is 5.32 Å². The minimum Gasteiger partial charge on any atom is -0.383 e. The molecule has 0 amide bonds. The lowest BCUT2D eigenvalue weighted by Crippen LogP contribution is -2.24. The second-order valence-electron chi connectivity index (χ2n) is 3.71. The van der Waals surface area contributed by atoms with Gasteiger partial charge in [0.2, 0.25) is 0 Å². The Morgan fingerprint density at radius 2 is 2.23 bits per heavy atom. The summed E-state index contributed by atoms with van der Waals surface area (Å²) in [5.74, 6) is 0.476. The van der Waals surface area contributed by atoms with Crippen LogP contribution in [0.4, 0.5) is 0 Å². The first kappa shape index (κ1) is 9.96. The third-order valence-corrected chi connectivity index (χ3v) is 2.04. The van der Waals surface area contributed by atoms with Gasteiger partial charge < -0.3 is 5.32 Å². The summed E-state index contributed by atoms with van der Waals surface area (Å²) in [6.45, 7) is 10.9. The number of nitrogens with one attached hydrogen (secondary N) is 1. The lowest BCUT2D eigenvalue weighted by atomic mass is 10.1. The first-order valence-electron chi connectivity index (χ1n) is 4.61. The highest BCUT2D eigenvalue weighted by atomic mass is 15.2. The lowest BCUT2D eigenvalue weighted by molar-refractivity contribution is 0.689. The summed E-state index contributed by atoms with van der Waals surface area (Å²) in [5.41, 5.74) is 3.25. The second kappa shape index (κ2) is 4.21. The van der Waals surface area contributed by atoms with Crippen LogP contribution in [-0.4, -0.2) is 18.0 Å². The Bertz CT molecular complexity index is 261. The van der Waals surface area contributed by atoms with E-state index in [0.29, 0.717) is 5.92 Å². The fourth-order valence-electron chi connectivity index (χ4n) is 1.04. The third-order valence-electron chi connectivity index (χ3n) is 2.04. The molecule has 1 heterocycles. The molecule has 1 rings (SSSR count). The first-order valence-corrected chi connectivity index (χ1v) is 4.61. The largest absolute Gasteiger partial charge is 0.383 e. The van der Waals surface area contributed by atoms with Gasteiger partial charge in [-0.15, -0.1) is 0 Å². The first-order chi connectivity index (χ1) is 6.09. The van der Waals surface area contributed by atoms with Gasteiger partial charge in [0.1, 0.15) is 0 Å². The van der Waals surface area contributed by atoms with Crippen molar-refractivity contribution in [2.45, 2.75) is 27.2 Å². The predicted octanol–water partition coefficient (Wildman–Crippen LogP) is 1.97. The van der Waals surface area contributed by atoms with E-state index < -0.39 is 0 Å². The molecule has 0 fully saturated rings. The Hall–Kier alpha value is -1.12. The Kier molecular flexibility index (Phi) is 3.23. The highest BCUT2D eigenvalue weighted by Gasteiger charge is 2.08. The summed E-state index contributed by atoms with van der Waals surface area (Å²) in [6.07, 6.45) is 0.901. The molecule has 0 atom stereocenters. The van der Waals surface area contributed by atoms with Crippen LogP contribution in [0.15, 0.2) is 22.5 Å². The van der Waals surface area contributed by atoms with Gasteiger partial charge in [0.25, 0.3) is 0 Å². The number of nitrogens with zero attached hydrogens (tertiary/aromatic N) is 2. The minimum atomic E-state index is 0.476. The zero-order chi connectivity index (χ0) is 9.84. The van der Waals surface area contributed by atoms with Crippen molar-refractivity contribution in [2.75, 3.05) is 6.54 Å². The topological polar surface area (TPSA) is 36.8 Å². The molecule has 0 saturated carbocycles. The quantitative estimate of drug-likeness (QED) is 0.703. The summed E-state index contributed by atoms with van der Waals surface area (Å²) in [6, 6.07) is 0. The van der Waals surface area contributed by atoms with Crippen LogP contribution in [0.2, 0.25) is 0 Å². The van der Waals surface area contributed by atoms with E-state index in [0.717, 1.165) is 30.1 Å². The van der Waals surface area contributed by atoms with E-state index in [2.05, 4.69) is 35.9 Å². The van der Waals surface area contributed by atoms with Gasteiger partial charge in [-0.25, -0.2) is 0 Å². The molecule has 1 aliphatic rings. The Balaban J connectivity index is 2.26. The maximum atomic E-state index is 4.05. The molecule has 13 heavy (non-hydrogen) atoms. The van der Waals surface area contributed by atoms with E-state index in [9.17, 15) is 0 Å². The van der Waals surface area contributed by atoms with Crippen molar-refractivity contribution in [3.63, 3.8) is 0 Å². The number of rotatable bonds is 4. The van der Waals surface area contributed by atoms with Crippen LogP contribution in [0, 0.1) is 5.92 Å². The standard InChI is InChI=1S/C10H17N3/c1-7(2)9(4)11-6-10-5-8(3)12-13-10/h7,11H,4-6H2,1-3H3. The Morgan fingerprint density at radius 3 is 2.69 bits per heavy atom. The van der Waals surface area contributed by atoms with E-state index in [4.69, 9.17) is 0 Å². The molecule has 1 N–H and O–H groups in total. The summed E-state index contributed by atoms with van der Waals surface area (Å²) >= 11 is 0. The molecule has 72 valence electrons. The van der Waals surface area contributed by atoms with Crippen molar-refractivity contribution in [1.29, 1.82) is 0 Å². The van der Waals surface area contributed by atoms with Crippen molar-refractivity contribution in [2.24, 2.45) is 16.1 Å². The zero-order valence-electron chi connectivity index (χ0n) is 8.59. The minimum absolute atomic E-state index is 0.476. The van der Waals surface area contributed by atoms with E-state index >= 15 is 0 Å². The van der Waals surface area contributed by atoms with E-state index in [1.165, 1.54) is 0 Å². The van der Waals surface area contributed by atoms with Crippen molar-refractivity contribution in [3.05, 3.63) is 12.3 Å². The molecule has 3 heteroatoms. The molecular weight excluding hydrogens is 162 g/mol. The van der Waals surface area contributed by atoms with Crippen LogP contribution in [0.25, 0.3) is 0 Å². The average Bonchev–Trinajstić information content (AvgIpc) is 2.47. The second-order valence-corrected chi connectivity index (χ2v) is 3.71. The van der Waals surface area contributed by atoms with Gasteiger partial charge in [0.15, 0.2) is 0 Å². The van der Waals surface area contributed by atoms with Crippen LogP contribution in [0.5, 0.6) is 0 Å². The van der Waals surface area contributed by atoms with E-state index in [-0.39, 0.29) is 0 Å². The van der Waals surface area contributed by atoms with Gasteiger partial charge in [0, 0.05) is 17.8 Å². The summed E-state index contributed by atoms with van der Waals surface area (Å²) < 4.78 is 0. The van der Waals surface area contributed by atoms with Crippen LogP contribution in [-0.2, 0) is 0 Å². The van der Waals surface area contributed by atoms with Gasteiger partial charge in [0.05, 0.1) is 12.3 Å². The van der Waals surface area contributed by atoms with Crippen LogP contribution in [0.3, 0.4) is 0 Å². The summed E-state index contributed by atoms with van der Waals surface area (Å²) in [5, 5.41) is 11.3. The van der Waals surface area contributed by atoms with Gasteiger partial charge in [-0.3, -0.25) is 0 Å². The molecule has 0 saturated heterocycles. The van der Waals surface area contributed by atoms with Crippen molar-refractivity contribution < 1.29 is 0 Å². The molecule has 0 aromatic rings. The maximum absolute atomic E-state index is 4.05. The molecule has 0 radical (unpaired) electrons. The van der Waals surface area contributed by atoms with Crippen molar-refractivity contribution in [3.8, 4) is 0 Å². The third kappa shape index (κ3) is 3.01. The van der Waals surface area contributed by atoms with Crippen LogP contribution < -0.4 is 5.32 Å². The van der Waals surface area contributed by atoms with Gasteiger partial charge in [-0.05, 0) is 12.8 Å². The average molecular weight is 179 g/mol. The van der Waals surface area contributed by atoms with Gasteiger partial charge >= 0.3 is 0 Å². The lowest BCUT2D eigenvalue weighted by Gasteiger charge is -2.11. The van der Waals surface area contributed by atoms with Gasteiger partial charge in [-0.1, -0.05) is 20.4 Å². The molecule has 1 aliphatic heterocycles. The molecule has 0 aliphatic carbocycles. The number of hydrogen-bond donors (Lipinski definition) is 1. The summed E-state index contributed by atoms with van der Waals surface area (Å²) in [4.78, 5) is 0. The van der Waals surface area contributed by atoms with Gasteiger partial charge in [-0.2, -0.15) is 10.2 Å². The van der Waals surface area contributed by atoms with Crippen LogP contribution >= 0.6 is 0 Å². The number of allylic oxidation sites excluding steroid dienone is 1. The molecular formula is C10H17N3. The highest BCUT2D eigenvalue weighted by Crippen LogP contribution is 2.04. The van der Waals surface area contributed by atoms with Crippen molar-refractivity contribution >= 4 is 11.4 Å². The predicted molar refractivity (Wildman–Crippen MR) is 57.1 cm³/mol. The Labute approximate surface area is 79.6 Å². The molecule has 0 unspecified atom stereocenters. The summed E-state index contributed by atoms with van der Waals surface area (Å²) in [7, 11) is 0. The Morgan fingerprint density at radius 1 is 1.54 bits per heavy atom. The molecule has 0 bridgehead atoms. The fourth-order valence-corrected chi connectivity index (χ4v) is 1.04. The molecule has 0 aromatic heterocycles. The fraction of sp³-hybridized carbons (Fsp3) is 0.600. The molecule has 0 spiro atoms. The normalized spacial score (nSPS) is 15.7. The highest BCUT2D eigenvalue weighted by molar-refractivity contribution is 6.07.